The monoisotopic (exact) mass is 230 g/mol. The quantitative estimate of drug-likeness (QED) is 0.514. The third kappa shape index (κ3) is 3.76. The first-order chi connectivity index (χ1) is 7.40. The number of hydrogen-bond acceptors (Lipinski definition) is 3. The van der Waals surface area contributed by atoms with Gasteiger partial charge in [-0.15, -0.1) is 0 Å². The van der Waals surface area contributed by atoms with Crippen LogP contribution in [0.15, 0.2) is 0 Å². The third-order valence-corrected chi connectivity index (χ3v) is 2.41. The van der Waals surface area contributed by atoms with Gasteiger partial charge in [0, 0.05) is 6.04 Å². The number of carboxylic acid groups (broad SMARTS) is 2. The maximum absolute atomic E-state index is 11.3. The molecule has 0 heterocycles. The van der Waals surface area contributed by atoms with Crippen LogP contribution in [-0.4, -0.2) is 40.3 Å². The van der Waals surface area contributed by atoms with Gasteiger partial charge in [-0.25, -0.2) is 9.59 Å². The molecule has 1 aliphatic rings. The van der Waals surface area contributed by atoms with Gasteiger partial charge in [-0.05, 0) is 12.3 Å². The van der Waals surface area contributed by atoms with Crippen LogP contribution in [0.5, 0.6) is 0 Å². The molecule has 7 nitrogen and oxygen atoms in total. The van der Waals surface area contributed by atoms with Crippen molar-refractivity contribution < 1.29 is 24.6 Å². The number of carbonyl (C=O) groups excluding carboxylic acids is 1. The number of nitrogens with one attached hydrogen (secondary N) is 2. The minimum atomic E-state index is -1.40. The lowest BCUT2D eigenvalue weighted by molar-refractivity contribution is -0.145. The van der Waals surface area contributed by atoms with Gasteiger partial charge >= 0.3 is 18.0 Å². The zero-order chi connectivity index (χ0) is 12.3. The molecule has 0 saturated heterocycles. The molecule has 0 spiro atoms. The molecule has 1 saturated carbocycles. The van der Waals surface area contributed by atoms with Crippen LogP contribution < -0.4 is 10.6 Å². The van der Waals surface area contributed by atoms with Crippen molar-refractivity contribution in [3.05, 3.63) is 0 Å². The summed E-state index contributed by atoms with van der Waals surface area (Å²) in [5.74, 6) is -2.23. The summed E-state index contributed by atoms with van der Waals surface area (Å²) in [6.07, 6.45) is 0.229. The van der Waals surface area contributed by atoms with E-state index in [1.807, 2.05) is 6.92 Å². The number of carboxylic acids is 2. The molecule has 0 aliphatic heterocycles. The standard InChI is InChI=1S/C9H14N2O5/c1-4-2-5(4)10-9(16)11-6(8(14)15)3-7(12)13/h4-6H,2-3H2,1H3,(H,12,13)(H,14,15)(H2,10,11,16)/t4?,5?,6-/m1/s1. The molecule has 4 N–H and O–H groups in total. The second-order valence-electron chi connectivity index (χ2n) is 3.93. The minimum absolute atomic E-state index is 0.0688. The number of urea groups is 1. The molecule has 0 aromatic heterocycles. The van der Waals surface area contributed by atoms with E-state index in [4.69, 9.17) is 10.2 Å². The predicted molar refractivity (Wildman–Crippen MR) is 52.9 cm³/mol. The van der Waals surface area contributed by atoms with Gasteiger partial charge in [0.05, 0.1) is 6.42 Å². The minimum Gasteiger partial charge on any atom is -0.481 e. The van der Waals surface area contributed by atoms with E-state index in [-0.39, 0.29) is 6.04 Å². The van der Waals surface area contributed by atoms with Crippen LogP contribution in [-0.2, 0) is 9.59 Å². The highest BCUT2D eigenvalue weighted by molar-refractivity contribution is 5.86. The second-order valence-corrected chi connectivity index (χ2v) is 3.93. The molecule has 16 heavy (non-hydrogen) atoms. The summed E-state index contributed by atoms with van der Waals surface area (Å²) in [5, 5.41) is 21.8. The summed E-state index contributed by atoms with van der Waals surface area (Å²) >= 11 is 0. The lowest BCUT2D eigenvalue weighted by Crippen LogP contribution is -2.47. The molecule has 1 fully saturated rings. The molecule has 0 radical (unpaired) electrons. The van der Waals surface area contributed by atoms with E-state index in [0.29, 0.717) is 5.92 Å². The van der Waals surface area contributed by atoms with Gasteiger partial charge in [-0.2, -0.15) is 0 Å². The van der Waals surface area contributed by atoms with E-state index >= 15 is 0 Å². The molecule has 2 unspecified atom stereocenters. The first-order valence-electron chi connectivity index (χ1n) is 4.91. The molecule has 0 aromatic rings. The van der Waals surface area contributed by atoms with Gasteiger partial charge in [0.1, 0.15) is 6.04 Å². The summed E-state index contributed by atoms with van der Waals surface area (Å²) in [4.78, 5) is 32.2. The molecule has 3 atom stereocenters. The van der Waals surface area contributed by atoms with Crippen molar-refractivity contribution in [1.29, 1.82) is 0 Å². The summed E-state index contributed by atoms with van der Waals surface area (Å²) in [6.45, 7) is 1.96. The maximum atomic E-state index is 11.3. The molecule has 7 heteroatoms. The first-order valence-corrected chi connectivity index (χ1v) is 4.91. The number of carbonyl (C=O) groups is 3. The van der Waals surface area contributed by atoms with Gasteiger partial charge in [0.15, 0.2) is 0 Å². The fraction of sp³-hybridized carbons (Fsp3) is 0.667. The van der Waals surface area contributed by atoms with Gasteiger partial charge in [-0.3, -0.25) is 4.79 Å². The van der Waals surface area contributed by atoms with Gasteiger partial charge in [0.25, 0.3) is 0 Å². The Labute approximate surface area is 91.8 Å². The Kier molecular flexibility index (Phi) is 3.70. The SMILES string of the molecule is CC1CC1NC(=O)N[C@H](CC(=O)O)C(=O)O. The lowest BCUT2D eigenvalue weighted by Gasteiger charge is -2.12. The van der Waals surface area contributed by atoms with Crippen LogP contribution in [0.4, 0.5) is 4.79 Å². The van der Waals surface area contributed by atoms with Crippen molar-refractivity contribution in [3.8, 4) is 0 Å². The molecule has 0 aromatic carbocycles. The van der Waals surface area contributed by atoms with Crippen LogP contribution in [0.25, 0.3) is 0 Å². The number of amides is 2. The van der Waals surface area contributed by atoms with E-state index in [2.05, 4.69) is 10.6 Å². The van der Waals surface area contributed by atoms with Gasteiger partial charge in [-0.1, -0.05) is 6.92 Å². The van der Waals surface area contributed by atoms with E-state index in [9.17, 15) is 14.4 Å². The van der Waals surface area contributed by atoms with Crippen LogP contribution in [0, 0.1) is 5.92 Å². The van der Waals surface area contributed by atoms with Crippen LogP contribution >= 0.6 is 0 Å². The first kappa shape index (κ1) is 12.3. The van der Waals surface area contributed by atoms with Crippen LogP contribution in [0.3, 0.4) is 0 Å². The smallest absolute Gasteiger partial charge is 0.326 e. The van der Waals surface area contributed by atoms with E-state index in [1.54, 1.807) is 0 Å². The Morgan fingerprint density at radius 1 is 1.38 bits per heavy atom. The molecule has 90 valence electrons. The summed E-state index contributed by atoms with van der Waals surface area (Å²) < 4.78 is 0. The highest BCUT2D eigenvalue weighted by Crippen LogP contribution is 2.28. The molecule has 2 amide bonds. The van der Waals surface area contributed by atoms with Crippen molar-refractivity contribution >= 4 is 18.0 Å². The zero-order valence-electron chi connectivity index (χ0n) is 8.77. The Morgan fingerprint density at radius 3 is 2.31 bits per heavy atom. The highest BCUT2D eigenvalue weighted by atomic mass is 16.4. The topological polar surface area (TPSA) is 116 Å². The fourth-order valence-electron chi connectivity index (χ4n) is 1.27. The van der Waals surface area contributed by atoms with Crippen LogP contribution in [0.1, 0.15) is 19.8 Å². The molecule has 0 bridgehead atoms. The summed E-state index contributed by atoms with van der Waals surface area (Å²) in [5.41, 5.74) is 0. The normalized spacial score (nSPS) is 24.3. The maximum Gasteiger partial charge on any atom is 0.326 e. The van der Waals surface area contributed by atoms with E-state index < -0.39 is 30.4 Å². The summed E-state index contributed by atoms with van der Waals surface area (Å²) in [6, 6.07) is -1.96. The number of hydrogen-bond donors (Lipinski definition) is 4. The van der Waals surface area contributed by atoms with Crippen molar-refractivity contribution in [1.82, 2.24) is 10.6 Å². The Balaban J connectivity index is 2.38. The second kappa shape index (κ2) is 4.82. The Bertz CT molecular complexity index is 317. The molecule has 1 aliphatic carbocycles. The zero-order valence-corrected chi connectivity index (χ0v) is 8.77. The van der Waals surface area contributed by atoms with Gasteiger partial charge < -0.3 is 20.8 Å². The third-order valence-electron chi connectivity index (χ3n) is 2.41. The van der Waals surface area contributed by atoms with Crippen molar-refractivity contribution in [2.24, 2.45) is 5.92 Å². The van der Waals surface area contributed by atoms with Crippen molar-refractivity contribution in [2.45, 2.75) is 31.8 Å². The highest BCUT2D eigenvalue weighted by Gasteiger charge is 2.34. The van der Waals surface area contributed by atoms with Crippen molar-refractivity contribution in [3.63, 3.8) is 0 Å². The predicted octanol–water partition coefficient (Wildman–Crippen LogP) is -0.378. The molecular weight excluding hydrogens is 216 g/mol. The Hall–Kier alpha value is -1.79. The number of rotatable bonds is 5. The summed E-state index contributed by atoms with van der Waals surface area (Å²) in [7, 11) is 0. The molecule has 1 rings (SSSR count). The Morgan fingerprint density at radius 2 is 1.94 bits per heavy atom. The number of aliphatic carboxylic acids is 2. The lowest BCUT2D eigenvalue weighted by atomic mass is 10.2. The van der Waals surface area contributed by atoms with E-state index in [0.717, 1.165) is 6.42 Å². The van der Waals surface area contributed by atoms with Crippen LogP contribution in [0.2, 0.25) is 0 Å². The average molecular weight is 230 g/mol. The largest absolute Gasteiger partial charge is 0.481 e. The molecular formula is C9H14N2O5. The fourth-order valence-corrected chi connectivity index (χ4v) is 1.27. The average Bonchev–Trinajstić information content (AvgIpc) is 2.79. The van der Waals surface area contributed by atoms with E-state index in [1.165, 1.54) is 0 Å². The van der Waals surface area contributed by atoms with Crippen molar-refractivity contribution in [2.75, 3.05) is 0 Å². The van der Waals surface area contributed by atoms with Gasteiger partial charge in [0.2, 0.25) is 0 Å².